The van der Waals surface area contributed by atoms with Gasteiger partial charge in [0.15, 0.2) is 0 Å². The van der Waals surface area contributed by atoms with Crippen molar-refractivity contribution in [2.75, 3.05) is 19.0 Å². The lowest BCUT2D eigenvalue weighted by molar-refractivity contribution is -0.384. The number of nitro benzene ring substituents is 1. The Hall–Kier alpha value is -2.64. The molecule has 18 heavy (non-hydrogen) atoms. The summed E-state index contributed by atoms with van der Waals surface area (Å²) in [7, 11) is 1.20. The number of carbonyl (C=O) groups is 2. The van der Waals surface area contributed by atoms with Crippen LogP contribution in [0.25, 0.3) is 0 Å². The Labute approximate surface area is 102 Å². The Morgan fingerprint density at radius 2 is 2.17 bits per heavy atom. The van der Waals surface area contributed by atoms with Crippen LogP contribution in [0.2, 0.25) is 0 Å². The SMILES string of the molecule is COC(=O)CNc1ccc(C(N)=O)cc1[N+](=O)[O-]. The number of hydrogen-bond donors (Lipinski definition) is 2. The Balaban J connectivity index is 3.00. The molecule has 1 aromatic rings. The maximum absolute atomic E-state index is 10.9. The topological polar surface area (TPSA) is 125 Å². The van der Waals surface area contributed by atoms with Gasteiger partial charge < -0.3 is 15.8 Å². The number of carbonyl (C=O) groups excluding carboxylic acids is 2. The quantitative estimate of drug-likeness (QED) is 0.441. The molecule has 1 amide bonds. The van der Waals surface area contributed by atoms with Crippen LogP contribution in [0.4, 0.5) is 11.4 Å². The highest BCUT2D eigenvalue weighted by atomic mass is 16.6. The highest BCUT2D eigenvalue weighted by Crippen LogP contribution is 2.25. The number of anilines is 1. The zero-order valence-electron chi connectivity index (χ0n) is 9.50. The molecule has 0 aliphatic carbocycles. The third kappa shape index (κ3) is 3.17. The average Bonchev–Trinajstić information content (AvgIpc) is 2.35. The summed E-state index contributed by atoms with van der Waals surface area (Å²) in [6.45, 7) is -0.215. The molecule has 0 heterocycles. The van der Waals surface area contributed by atoms with E-state index >= 15 is 0 Å². The van der Waals surface area contributed by atoms with Gasteiger partial charge in [-0.25, -0.2) is 0 Å². The number of hydrogen-bond acceptors (Lipinski definition) is 6. The summed E-state index contributed by atoms with van der Waals surface area (Å²) >= 11 is 0. The molecule has 0 aliphatic heterocycles. The zero-order valence-corrected chi connectivity index (χ0v) is 9.50. The van der Waals surface area contributed by atoms with Crippen molar-refractivity contribution >= 4 is 23.3 Å². The lowest BCUT2D eigenvalue weighted by Crippen LogP contribution is -2.16. The van der Waals surface area contributed by atoms with Crippen molar-refractivity contribution in [3.63, 3.8) is 0 Å². The van der Waals surface area contributed by atoms with Crippen LogP contribution in [0.5, 0.6) is 0 Å². The molecule has 1 aromatic carbocycles. The second-order valence-corrected chi connectivity index (χ2v) is 3.28. The first-order valence-electron chi connectivity index (χ1n) is 4.84. The number of nitrogens with one attached hydrogen (secondary N) is 1. The van der Waals surface area contributed by atoms with Gasteiger partial charge in [0.05, 0.1) is 12.0 Å². The van der Waals surface area contributed by atoms with Gasteiger partial charge in [-0.2, -0.15) is 0 Å². The predicted octanol–water partition coefficient (Wildman–Crippen LogP) is 0.279. The number of primary amides is 1. The summed E-state index contributed by atoms with van der Waals surface area (Å²) in [5.41, 5.74) is 4.81. The van der Waals surface area contributed by atoms with Gasteiger partial charge in [-0.3, -0.25) is 19.7 Å². The van der Waals surface area contributed by atoms with Crippen LogP contribution in [-0.4, -0.2) is 30.5 Å². The Morgan fingerprint density at radius 1 is 1.50 bits per heavy atom. The van der Waals surface area contributed by atoms with E-state index in [9.17, 15) is 19.7 Å². The third-order valence-electron chi connectivity index (χ3n) is 2.13. The fourth-order valence-corrected chi connectivity index (χ4v) is 1.23. The number of esters is 1. The maximum Gasteiger partial charge on any atom is 0.325 e. The largest absolute Gasteiger partial charge is 0.468 e. The number of nitro groups is 1. The molecule has 1 rings (SSSR count). The minimum Gasteiger partial charge on any atom is -0.468 e. The van der Waals surface area contributed by atoms with Crippen molar-refractivity contribution in [2.45, 2.75) is 0 Å². The number of amides is 1. The zero-order chi connectivity index (χ0) is 13.7. The molecule has 0 spiro atoms. The van der Waals surface area contributed by atoms with E-state index in [2.05, 4.69) is 10.1 Å². The predicted molar refractivity (Wildman–Crippen MR) is 62.1 cm³/mol. The first kappa shape index (κ1) is 13.4. The molecule has 0 fully saturated rings. The highest BCUT2D eigenvalue weighted by molar-refractivity contribution is 5.94. The van der Waals surface area contributed by atoms with Crippen LogP contribution in [0, 0.1) is 10.1 Å². The molecular weight excluding hydrogens is 242 g/mol. The van der Waals surface area contributed by atoms with E-state index in [1.54, 1.807) is 0 Å². The summed E-state index contributed by atoms with van der Waals surface area (Å²) in [4.78, 5) is 32.0. The molecular formula is C10H11N3O5. The second-order valence-electron chi connectivity index (χ2n) is 3.28. The molecule has 8 heteroatoms. The number of methoxy groups -OCH3 is 1. The van der Waals surface area contributed by atoms with Gasteiger partial charge in [0.1, 0.15) is 12.2 Å². The van der Waals surface area contributed by atoms with Gasteiger partial charge in [-0.05, 0) is 12.1 Å². The fraction of sp³-hybridized carbons (Fsp3) is 0.200. The van der Waals surface area contributed by atoms with E-state index in [0.29, 0.717) is 0 Å². The van der Waals surface area contributed by atoms with Gasteiger partial charge in [0, 0.05) is 11.6 Å². The van der Waals surface area contributed by atoms with Crippen molar-refractivity contribution in [3.05, 3.63) is 33.9 Å². The lowest BCUT2D eigenvalue weighted by atomic mass is 10.1. The summed E-state index contributed by atoms with van der Waals surface area (Å²) < 4.78 is 4.39. The molecule has 0 aliphatic rings. The Kier molecular flexibility index (Phi) is 4.19. The summed E-state index contributed by atoms with van der Waals surface area (Å²) in [5, 5.41) is 13.4. The van der Waals surface area contributed by atoms with Crippen molar-refractivity contribution in [1.29, 1.82) is 0 Å². The van der Waals surface area contributed by atoms with Crippen LogP contribution in [0.15, 0.2) is 18.2 Å². The number of nitrogens with zero attached hydrogens (tertiary/aromatic N) is 1. The summed E-state index contributed by atoms with van der Waals surface area (Å²) in [6.07, 6.45) is 0. The van der Waals surface area contributed by atoms with E-state index in [0.717, 1.165) is 6.07 Å². The molecule has 0 saturated carbocycles. The van der Waals surface area contributed by atoms with Crippen LogP contribution in [0.3, 0.4) is 0 Å². The molecule has 96 valence electrons. The first-order valence-corrected chi connectivity index (χ1v) is 4.84. The lowest BCUT2D eigenvalue weighted by Gasteiger charge is -2.06. The smallest absolute Gasteiger partial charge is 0.325 e. The molecule has 8 nitrogen and oxygen atoms in total. The van der Waals surface area contributed by atoms with Crippen LogP contribution < -0.4 is 11.1 Å². The average molecular weight is 253 g/mol. The van der Waals surface area contributed by atoms with Crippen LogP contribution in [-0.2, 0) is 9.53 Å². The van der Waals surface area contributed by atoms with Crippen molar-refractivity contribution in [2.24, 2.45) is 5.73 Å². The number of benzene rings is 1. The van der Waals surface area contributed by atoms with Crippen LogP contribution >= 0.6 is 0 Å². The van der Waals surface area contributed by atoms with Gasteiger partial charge in [0.2, 0.25) is 5.91 Å². The number of ether oxygens (including phenoxy) is 1. The maximum atomic E-state index is 10.9. The molecule has 0 unspecified atom stereocenters. The second kappa shape index (κ2) is 5.62. The standard InChI is InChI=1S/C10H11N3O5/c1-18-9(14)5-12-7-3-2-6(10(11)15)4-8(7)13(16)17/h2-4,12H,5H2,1H3,(H2,11,15). The van der Waals surface area contributed by atoms with Crippen molar-refractivity contribution in [3.8, 4) is 0 Å². The number of nitrogens with two attached hydrogens (primary N) is 1. The Morgan fingerprint density at radius 3 is 2.67 bits per heavy atom. The molecule has 3 N–H and O–H groups in total. The summed E-state index contributed by atoms with van der Waals surface area (Å²) in [5.74, 6) is -1.33. The first-order chi connectivity index (χ1) is 8.45. The third-order valence-corrected chi connectivity index (χ3v) is 2.13. The van der Waals surface area contributed by atoms with Gasteiger partial charge >= 0.3 is 5.97 Å². The normalized spacial score (nSPS) is 9.61. The van der Waals surface area contributed by atoms with Gasteiger partial charge in [0.25, 0.3) is 5.69 Å². The van der Waals surface area contributed by atoms with E-state index in [1.165, 1.54) is 19.2 Å². The molecule has 0 saturated heterocycles. The van der Waals surface area contributed by atoms with Crippen LogP contribution in [0.1, 0.15) is 10.4 Å². The molecule has 0 radical (unpaired) electrons. The minimum atomic E-state index is -0.766. The number of rotatable bonds is 5. The Bertz CT molecular complexity index is 500. The molecule has 0 aromatic heterocycles. The van der Waals surface area contributed by atoms with E-state index in [4.69, 9.17) is 5.73 Å². The highest BCUT2D eigenvalue weighted by Gasteiger charge is 2.17. The van der Waals surface area contributed by atoms with Crippen molar-refractivity contribution < 1.29 is 19.2 Å². The molecule has 0 bridgehead atoms. The fourth-order valence-electron chi connectivity index (χ4n) is 1.23. The van der Waals surface area contributed by atoms with E-state index in [1.807, 2.05) is 0 Å². The van der Waals surface area contributed by atoms with Gasteiger partial charge in [-0.1, -0.05) is 0 Å². The van der Waals surface area contributed by atoms with E-state index in [-0.39, 0.29) is 23.5 Å². The van der Waals surface area contributed by atoms with Crippen molar-refractivity contribution in [1.82, 2.24) is 0 Å². The summed E-state index contributed by atoms with van der Waals surface area (Å²) in [6, 6.07) is 3.68. The molecule has 0 atom stereocenters. The minimum absolute atomic E-state index is 0.0188. The monoisotopic (exact) mass is 253 g/mol. The van der Waals surface area contributed by atoms with E-state index < -0.39 is 16.8 Å². The van der Waals surface area contributed by atoms with Gasteiger partial charge in [-0.15, -0.1) is 0 Å².